The van der Waals surface area contributed by atoms with Crippen molar-refractivity contribution in [3.05, 3.63) is 12.0 Å². The van der Waals surface area contributed by atoms with Crippen molar-refractivity contribution in [2.45, 2.75) is 24.4 Å². The zero-order valence-electron chi connectivity index (χ0n) is 10.2. The van der Waals surface area contributed by atoms with Gasteiger partial charge in [0.05, 0.1) is 18.6 Å². The van der Waals surface area contributed by atoms with Crippen molar-refractivity contribution >= 4 is 28.8 Å². The van der Waals surface area contributed by atoms with Crippen LogP contribution in [-0.4, -0.2) is 44.7 Å². The van der Waals surface area contributed by atoms with Crippen LogP contribution >= 0.6 is 11.8 Å². The number of aromatic nitrogens is 2. The second-order valence-electron chi connectivity index (χ2n) is 3.65. The third-order valence-corrected chi connectivity index (χ3v) is 2.98. The molecule has 0 aromatic carbocycles. The maximum absolute atomic E-state index is 11.1. The Morgan fingerprint density at radius 1 is 1.58 bits per heavy atom. The van der Waals surface area contributed by atoms with E-state index in [2.05, 4.69) is 15.3 Å². The highest BCUT2D eigenvalue weighted by atomic mass is 32.2. The molecule has 104 valence electrons. The standard InChI is InChI=1S/C10H14N4O4S/c1-5(15)19-9-6(12-4-13-9)2-7(10(17)18)14-8(16)3-11/h4,7H,2-3,11H2,1H3,(H,12,13)(H,14,16)(H,17,18)/t7-/m0/s1. The Balaban J connectivity index is 2.79. The number of carboxylic acids is 1. The molecule has 1 aromatic rings. The Kier molecular flexibility index (Phi) is 5.52. The van der Waals surface area contributed by atoms with E-state index in [1.54, 1.807) is 0 Å². The van der Waals surface area contributed by atoms with Crippen LogP contribution in [0.15, 0.2) is 11.4 Å². The van der Waals surface area contributed by atoms with Crippen LogP contribution in [0.2, 0.25) is 0 Å². The minimum absolute atomic E-state index is 0.00329. The molecule has 1 amide bonds. The lowest BCUT2D eigenvalue weighted by molar-refractivity contribution is -0.141. The Labute approximate surface area is 113 Å². The van der Waals surface area contributed by atoms with Gasteiger partial charge in [0.1, 0.15) is 11.1 Å². The fourth-order valence-electron chi connectivity index (χ4n) is 1.34. The summed E-state index contributed by atoms with van der Waals surface area (Å²) in [6.45, 7) is 1.09. The summed E-state index contributed by atoms with van der Waals surface area (Å²) in [5.41, 5.74) is 5.59. The first-order valence-corrected chi connectivity index (χ1v) is 6.18. The maximum atomic E-state index is 11.1. The number of nitrogens with one attached hydrogen (secondary N) is 2. The number of carbonyl (C=O) groups is 3. The number of carbonyl (C=O) groups excluding carboxylic acids is 2. The zero-order chi connectivity index (χ0) is 14.4. The van der Waals surface area contributed by atoms with Gasteiger partial charge in [0.25, 0.3) is 0 Å². The number of carboxylic acid groups (broad SMARTS) is 1. The number of amides is 1. The van der Waals surface area contributed by atoms with Crippen LogP contribution in [0.5, 0.6) is 0 Å². The summed E-state index contributed by atoms with van der Waals surface area (Å²) in [6, 6.07) is -1.12. The summed E-state index contributed by atoms with van der Waals surface area (Å²) < 4.78 is 0. The van der Waals surface area contributed by atoms with Gasteiger partial charge in [-0.3, -0.25) is 9.59 Å². The zero-order valence-corrected chi connectivity index (χ0v) is 11.0. The molecule has 1 atom stereocenters. The summed E-state index contributed by atoms with van der Waals surface area (Å²) in [5, 5.41) is 11.5. The van der Waals surface area contributed by atoms with E-state index < -0.39 is 17.9 Å². The van der Waals surface area contributed by atoms with Crippen molar-refractivity contribution in [3.8, 4) is 0 Å². The number of hydrogen-bond donors (Lipinski definition) is 4. The fraction of sp³-hybridized carbons (Fsp3) is 0.400. The van der Waals surface area contributed by atoms with E-state index in [0.29, 0.717) is 10.7 Å². The van der Waals surface area contributed by atoms with Crippen molar-refractivity contribution < 1.29 is 19.5 Å². The molecule has 0 radical (unpaired) electrons. The highest BCUT2D eigenvalue weighted by Gasteiger charge is 2.22. The van der Waals surface area contributed by atoms with Crippen molar-refractivity contribution in [2.24, 2.45) is 5.73 Å². The molecular formula is C10H14N4O4S. The molecule has 5 N–H and O–H groups in total. The molecule has 0 aliphatic rings. The van der Waals surface area contributed by atoms with Gasteiger partial charge in [-0.05, 0) is 11.8 Å². The monoisotopic (exact) mass is 286 g/mol. The Bertz CT molecular complexity index is 488. The van der Waals surface area contributed by atoms with Crippen LogP contribution in [0, 0.1) is 0 Å². The van der Waals surface area contributed by atoms with Crippen molar-refractivity contribution in [1.29, 1.82) is 0 Å². The van der Waals surface area contributed by atoms with Crippen LogP contribution in [-0.2, 0) is 20.8 Å². The number of rotatable bonds is 6. The number of H-pyrrole nitrogens is 1. The Morgan fingerprint density at radius 3 is 2.79 bits per heavy atom. The predicted molar refractivity (Wildman–Crippen MR) is 67.5 cm³/mol. The van der Waals surface area contributed by atoms with Gasteiger partial charge >= 0.3 is 5.97 Å². The van der Waals surface area contributed by atoms with Gasteiger partial charge in [0.15, 0.2) is 5.12 Å². The molecule has 8 nitrogen and oxygen atoms in total. The van der Waals surface area contributed by atoms with E-state index in [1.807, 2.05) is 0 Å². The number of aliphatic carboxylic acids is 1. The molecule has 0 bridgehead atoms. The smallest absolute Gasteiger partial charge is 0.326 e. The molecule has 0 fully saturated rings. The molecule has 19 heavy (non-hydrogen) atoms. The first-order valence-electron chi connectivity index (χ1n) is 5.37. The molecule has 0 unspecified atom stereocenters. The maximum Gasteiger partial charge on any atom is 0.326 e. The number of nitrogens with two attached hydrogens (primary N) is 1. The minimum atomic E-state index is -1.19. The summed E-state index contributed by atoms with van der Waals surface area (Å²) >= 11 is 0.898. The quantitative estimate of drug-likeness (QED) is 0.498. The summed E-state index contributed by atoms with van der Waals surface area (Å²) in [6.07, 6.45) is 1.36. The van der Waals surface area contributed by atoms with Gasteiger partial charge in [0, 0.05) is 13.3 Å². The highest BCUT2D eigenvalue weighted by molar-refractivity contribution is 8.13. The summed E-state index contributed by atoms with van der Waals surface area (Å²) in [7, 11) is 0. The first kappa shape index (κ1) is 15.2. The van der Waals surface area contributed by atoms with Crippen LogP contribution < -0.4 is 11.1 Å². The number of thioether (sulfide) groups is 1. The lowest BCUT2D eigenvalue weighted by Gasteiger charge is -2.13. The minimum Gasteiger partial charge on any atom is -0.480 e. The summed E-state index contributed by atoms with van der Waals surface area (Å²) in [5.74, 6) is -1.75. The third-order valence-electron chi connectivity index (χ3n) is 2.15. The second-order valence-corrected chi connectivity index (χ2v) is 4.81. The SMILES string of the molecule is CC(=O)Sc1nc[nH]c1C[C@H](NC(=O)CN)C(=O)O. The summed E-state index contributed by atoms with van der Waals surface area (Å²) in [4.78, 5) is 39.9. The fourth-order valence-corrected chi connectivity index (χ4v) is 1.98. The normalized spacial score (nSPS) is 11.9. The molecule has 1 rings (SSSR count). The molecule has 1 aromatic heterocycles. The lowest BCUT2D eigenvalue weighted by atomic mass is 10.1. The number of hydrogen-bond acceptors (Lipinski definition) is 6. The van der Waals surface area contributed by atoms with Gasteiger partial charge in [-0.15, -0.1) is 0 Å². The van der Waals surface area contributed by atoms with E-state index in [-0.39, 0.29) is 18.1 Å². The van der Waals surface area contributed by atoms with Crippen LogP contribution in [0.3, 0.4) is 0 Å². The Morgan fingerprint density at radius 2 is 2.26 bits per heavy atom. The van der Waals surface area contributed by atoms with Gasteiger partial charge in [0.2, 0.25) is 5.91 Å². The largest absolute Gasteiger partial charge is 0.480 e. The molecule has 9 heteroatoms. The molecule has 0 aliphatic heterocycles. The topological polar surface area (TPSA) is 138 Å². The molecule has 0 saturated heterocycles. The van der Waals surface area contributed by atoms with E-state index in [1.165, 1.54) is 13.3 Å². The van der Waals surface area contributed by atoms with Gasteiger partial charge < -0.3 is 21.1 Å². The number of aromatic amines is 1. The number of nitrogens with zero attached hydrogens (tertiary/aromatic N) is 1. The van der Waals surface area contributed by atoms with Gasteiger partial charge in [-0.2, -0.15) is 0 Å². The molecule has 0 aliphatic carbocycles. The molecular weight excluding hydrogens is 272 g/mol. The van der Waals surface area contributed by atoms with E-state index in [0.717, 1.165) is 11.8 Å². The second kappa shape index (κ2) is 6.90. The predicted octanol–water partition coefficient (Wildman–Crippen LogP) is -0.881. The van der Waals surface area contributed by atoms with Crippen LogP contribution in [0.4, 0.5) is 0 Å². The van der Waals surface area contributed by atoms with Gasteiger partial charge in [-0.25, -0.2) is 9.78 Å². The third kappa shape index (κ3) is 4.72. The van der Waals surface area contributed by atoms with Crippen LogP contribution in [0.1, 0.15) is 12.6 Å². The average molecular weight is 286 g/mol. The average Bonchev–Trinajstić information content (AvgIpc) is 2.74. The lowest BCUT2D eigenvalue weighted by Crippen LogP contribution is -2.44. The number of imidazole rings is 1. The molecule has 0 spiro atoms. The van der Waals surface area contributed by atoms with E-state index in [4.69, 9.17) is 10.8 Å². The van der Waals surface area contributed by atoms with Gasteiger partial charge in [-0.1, -0.05) is 0 Å². The Hall–Kier alpha value is -1.87. The van der Waals surface area contributed by atoms with E-state index >= 15 is 0 Å². The van der Waals surface area contributed by atoms with Crippen molar-refractivity contribution in [1.82, 2.24) is 15.3 Å². The molecule has 1 heterocycles. The molecule has 0 saturated carbocycles. The highest BCUT2D eigenvalue weighted by Crippen LogP contribution is 2.20. The first-order chi connectivity index (χ1) is 8.93. The van der Waals surface area contributed by atoms with E-state index in [9.17, 15) is 14.4 Å². The van der Waals surface area contributed by atoms with Crippen molar-refractivity contribution in [3.63, 3.8) is 0 Å². The van der Waals surface area contributed by atoms with Crippen LogP contribution in [0.25, 0.3) is 0 Å². The van der Waals surface area contributed by atoms with Crippen molar-refractivity contribution in [2.75, 3.05) is 6.54 Å².